The van der Waals surface area contributed by atoms with Crippen molar-refractivity contribution in [2.45, 2.75) is 13.8 Å². The topological polar surface area (TPSA) is 87.0 Å². The Morgan fingerprint density at radius 1 is 1.28 bits per heavy atom. The van der Waals surface area contributed by atoms with Crippen molar-refractivity contribution in [1.29, 1.82) is 0 Å². The van der Waals surface area contributed by atoms with Gasteiger partial charge in [-0.05, 0) is 32.0 Å². The number of aromatic nitrogens is 2. The van der Waals surface area contributed by atoms with Crippen molar-refractivity contribution in [3.05, 3.63) is 35.2 Å². The molecule has 0 unspecified atom stereocenters. The third kappa shape index (κ3) is 4.50. The molecule has 1 N–H and O–H groups in total. The van der Waals surface area contributed by atoms with E-state index in [0.717, 1.165) is 17.0 Å². The van der Waals surface area contributed by atoms with Crippen LogP contribution in [0.1, 0.15) is 17.0 Å². The summed E-state index contributed by atoms with van der Waals surface area (Å²) in [6.45, 7) is 3.52. The fraction of sp³-hybridized carbons (Fsp3) is 0.353. The predicted molar refractivity (Wildman–Crippen MR) is 94.4 cm³/mol. The smallest absolute Gasteiger partial charge is 0.265 e. The molecule has 1 aromatic heterocycles. The molecule has 1 amide bonds. The van der Waals surface area contributed by atoms with Crippen LogP contribution >= 0.6 is 0 Å². The summed E-state index contributed by atoms with van der Waals surface area (Å²) in [7, 11) is 4.95. The number of amides is 1. The zero-order valence-electron chi connectivity index (χ0n) is 15.0. The van der Waals surface area contributed by atoms with Crippen molar-refractivity contribution in [1.82, 2.24) is 9.78 Å². The Balaban J connectivity index is 1.89. The normalized spacial score (nSPS) is 10.8. The van der Waals surface area contributed by atoms with Gasteiger partial charge in [0.2, 0.25) is 0 Å². The first-order chi connectivity index (χ1) is 12.0. The lowest BCUT2D eigenvalue weighted by Gasteiger charge is -2.07. The van der Waals surface area contributed by atoms with Gasteiger partial charge in [-0.2, -0.15) is 5.10 Å². The lowest BCUT2D eigenvalue weighted by atomic mass is 10.2. The van der Waals surface area contributed by atoms with E-state index >= 15 is 0 Å². The van der Waals surface area contributed by atoms with E-state index in [2.05, 4.69) is 15.6 Å². The van der Waals surface area contributed by atoms with Gasteiger partial charge < -0.3 is 19.6 Å². The first kappa shape index (κ1) is 18.3. The van der Waals surface area contributed by atoms with E-state index in [1.54, 1.807) is 37.1 Å². The summed E-state index contributed by atoms with van der Waals surface area (Å²) in [5.74, 6) is 0.914. The molecule has 8 heteroatoms. The minimum atomic E-state index is -0.302. The van der Waals surface area contributed by atoms with Crippen LogP contribution in [0, 0.1) is 13.8 Å². The summed E-state index contributed by atoms with van der Waals surface area (Å²) in [5, 5.41) is 10.8. The summed E-state index contributed by atoms with van der Waals surface area (Å²) in [6, 6.07) is 5.33. The maximum atomic E-state index is 11.9. The molecule has 0 saturated heterocycles. The first-order valence-electron chi connectivity index (χ1n) is 7.63. The zero-order valence-corrected chi connectivity index (χ0v) is 15.0. The Labute approximate surface area is 146 Å². The van der Waals surface area contributed by atoms with E-state index in [0.29, 0.717) is 17.2 Å². The summed E-state index contributed by atoms with van der Waals surface area (Å²) in [6.07, 6.45) is 1.50. The molecule has 0 radical (unpaired) electrons. The molecule has 0 atom stereocenters. The van der Waals surface area contributed by atoms with Gasteiger partial charge >= 0.3 is 0 Å². The van der Waals surface area contributed by atoms with Gasteiger partial charge in [0.1, 0.15) is 0 Å². The van der Waals surface area contributed by atoms with Gasteiger partial charge in [0, 0.05) is 12.6 Å². The van der Waals surface area contributed by atoms with E-state index in [4.69, 9.17) is 14.3 Å². The summed E-state index contributed by atoms with van der Waals surface area (Å²) >= 11 is 0. The number of anilines is 1. The van der Waals surface area contributed by atoms with Crippen molar-refractivity contribution >= 4 is 17.8 Å². The fourth-order valence-corrected chi connectivity index (χ4v) is 2.26. The Hall–Kier alpha value is -3.03. The number of nitrogens with zero attached hydrogens (tertiary/aromatic N) is 3. The molecule has 1 heterocycles. The first-order valence-corrected chi connectivity index (χ1v) is 7.63. The number of hydrogen-bond acceptors (Lipinski definition) is 6. The molecule has 0 spiro atoms. The van der Waals surface area contributed by atoms with Crippen molar-refractivity contribution in [3.8, 4) is 11.5 Å². The molecule has 0 saturated carbocycles. The lowest BCUT2D eigenvalue weighted by Crippen LogP contribution is -2.18. The fourth-order valence-electron chi connectivity index (χ4n) is 2.26. The highest BCUT2D eigenvalue weighted by Crippen LogP contribution is 2.26. The van der Waals surface area contributed by atoms with Crippen LogP contribution in [0.5, 0.6) is 11.5 Å². The molecular weight excluding hydrogens is 324 g/mol. The number of oxime groups is 1. The second-order valence-corrected chi connectivity index (χ2v) is 5.34. The summed E-state index contributed by atoms with van der Waals surface area (Å²) in [5.41, 5.74) is 3.08. The highest BCUT2D eigenvalue weighted by atomic mass is 16.6. The molecule has 0 aliphatic carbocycles. The van der Waals surface area contributed by atoms with Crippen molar-refractivity contribution in [3.63, 3.8) is 0 Å². The monoisotopic (exact) mass is 346 g/mol. The van der Waals surface area contributed by atoms with Crippen LogP contribution in [-0.2, 0) is 16.7 Å². The number of carbonyl (C=O) groups is 1. The molecule has 8 nitrogen and oxygen atoms in total. The molecule has 25 heavy (non-hydrogen) atoms. The largest absolute Gasteiger partial charge is 0.493 e. The van der Waals surface area contributed by atoms with Gasteiger partial charge in [0.15, 0.2) is 18.1 Å². The van der Waals surface area contributed by atoms with E-state index in [-0.39, 0.29) is 12.5 Å². The number of carbonyl (C=O) groups excluding carboxylic acids is 1. The minimum Gasteiger partial charge on any atom is -0.493 e. The molecular formula is C17H22N4O4. The number of benzene rings is 1. The van der Waals surface area contributed by atoms with E-state index in [1.807, 2.05) is 20.9 Å². The quantitative estimate of drug-likeness (QED) is 0.612. The van der Waals surface area contributed by atoms with Crippen molar-refractivity contribution in [2.24, 2.45) is 12.2 Å². The van der Waals surface area contributed by atoms with Crippen LogP contribution in [0.2, 0.25) is 0 Å². The van der Waals surface area contributed by atoms with E-state index in [9.17, 15) is 4.79 Å². The second-order valence-electron chi connectivity index (χ2n) is 5.34. The molecule has 134 valence electrons. The molecule has 1 aromatic carbocycles. The van der Waals surface area contributed by atoms with Gasteiger partial charge in [-0.25, -0.2) is 0 Å². The number of nitrogens with one attached hydrogen (secondary N) is 1. The third-order valence-electron chi connectivity index (χ3n) is 3.65. The molecule has 0 aliphatic heterocycles. The second kappa shape index (κ2) is 8.18. The third-order valence-corrected chi connectivity index (χ3v) is 3.65. The summed E-state index contributed by atoms with van der Waals surface area (Å²) in [4.78, 5) is 17.0. The molecule has 0 bridgehead atoms. The number of ether oxygens (including phenoxy) is 2. The Bertz CT molecular complexity index is 783. The maximum absolute atomic E-state index is 11.9. The minimum absolute atomic E-state index is 0.197. The van der Waals surface area contributed by atoms with Gasteiger partial charge in [0.25, 0.3) is 5.91 Å². The highest BCUT2D eigenvalue weighted by molar-refractivity contribution is 5.92. The number of rotatable bonds is 7. The van der Waals surface area contributed by atoms with Crippen LogP contribution in [-0.4, -0.2) is 42.7 Å². The SMILES string of the molecule is COc1ccc(/C=N\OCC(=O)Nc2c(C)nn(C)c2C)cc1OC. The standard InChI is InChI=1S/C17H22N4O4/c1-11-17(12(2)21(3)20-11)19-16(22)10-25-18-9-13-6-7-14(23-4)15(8-13)24-5/h6-9H,10H2,1-5H3,(H,19,22)/b18-9-. The lowest BCUT2D eigenvalue weighted by molar-refractivity contribution is -0.120. The number of hydrogen-bond donors (Lipinski definition) is 1. The van der Waals surface area contributed by atoms with E-state index in [1.165, 1.54) is 6.21 Å². The van der Waals surface area contributed by atoms with Gasteiger partial charge in [-0.3, -0.25) is 9.48 Å². The van der Waals surface area contributed by atoms with Crippen molar-refractivity contribution in [2.75, 3.05) is 26.1 Å². The van der Waals surface area contributed by atoms with Gasteiger partial charge in [0.05, 0.1) is 37.5 Å². The van der Waals surface area contributed by atoms with Crippen LogP contribution in [0.15, 0.2) is 23.4 Å². The van der Waals surface area contributed by atoms with E-state index < -0.39 is 0 Å². The van der Waals surface area contributed by atoms with Crippen LogP contribution < -0.4 is 14.8 Å². The van der Waals surface area contributed by atoms with Crippen molar-refractivity contribution < 1.29 is 19.1 Å². The predicted octanol–water partition coefficient (Wildman–Crippen LogP) is 2.04. The Morgan fingerprint density at radius 3 is 2.60 bits per heavy atom. The number of methoxy groups -OCH3 is 2. The molecule has 0 aliphatic rings. The average molecular weight is 346 g/mol. The maximum Gasteiger partial charge on any atom is 0.265 e. The average Bonchev–Trinajstić information content (AvgIpc) is 2.84. The molecule has 0 fully saturated rings. The van der Waals surface area contributed by atoms with Gasteiger partial charge in [-0.1, -0.05) is 5.16 Å². The Morgan fingerprint density at radius 2 is 2.00 bits per heavy atom. The highest BCUT2D eigenvalue weighted by Gasteiger charge is 2.12. The molecule has 2 aromatic rings. The van der Waals surface area contributed by atoms with Crippen LogP contribution in [0.3, 0.4) is 0 Å². The Kier molecular flexibility index (Phi) is 5.99. The van der Waals surface area contributed by atoms with Crippen LogP contribution in [0.4, 0.5) is 5.69 Å². The zero-order chi connectivity index (χ0) is 18.4. The summed E-state index contributed by atoms with van der Waals surface area (Å²) < 4.78 is 12.1. The van der Waals surface area contributed by atoms with Gasteiger partial charge in [-0.15, -0.1) is 0 Å². The molecule has 2 rings (SSSR count). The van der Waals surface area contributed by atoms with Crippen LogP contribution in [0.25, 0.3) is 0 Å². The number of aryl methyl sites for hydroxylation is 2.